The first-order valence-electron chi connectivity index (χ1n) is 8.94. The fraction of sp³-hybridized carbons (Fsp3) is 0.611. The summed E-state index contributed by atoms with van der Waals surface area (Å²) in [6.07, 6.45) is 4.50. The molecular weight excluding hydrogens is 322 g/mol. The van der Waals surface area contributed by atoms with E-state index in [4.69, 9.17) is 0 Å². The van der Waals surface area contributed by atoms with E-state index in [1.165, 1.54) is 12.1 Å². The van der Waals surface area contributed by atoms with E-state index in [0.717, 1.165) is 38.5 Å². The van der Waals surface area contributed by atoms with Gasteiger partial charge in [-0.05, 0) is 24.8 Å². The van der Waals surface area contributed by atoms with E-state index >= 15 is 0 Å². The lowest BCUT2D eigenvalue weighted by Crippen LogP contribution is -2.58. The molecule has 1 fully saturated rings. The molecule has 7 nitrogen and oxygen atoms in total. The molecule has 1 saturated carbocycles. The summed E-state index contributed by atoms with van der Waals surface area (Å²) in [5.74, 6) is -0.0136. The smallest absolute Gasteiger partial charge is 0.269 e. The van der Waals surface area contributed by atoms with E-state index in [1.54, 1.807) is 12.1 Å². The Balaban J connectivity index is 2.05. The van der Waals surface area contributed by atoms with Gasteiger partial charge in [-0.15, -0.1) is 0 Å². The first-order chi connectivity index (χ1) is 12.0. The zero-order valence-electron chi connectivity index (χ0n) is 14.7. The number of hydrogen-bond donors (Lipinski definition) is 3. The molecular formula is C18H27N3O4. The minimum Gasteiger partial charge on any atom is -0.387 e. The number of carbonyl (C=O) groups is 1. The van der Waals surface area contributed by atoms with Crippen molar-refractivity contribution in [3.63, 3.8) is 0 Å². The minimum atomic E-state index is -0.905. The molecule has 7 heteroatoms. The summed E-state index contributed by atoms with van der Waals surface area (Å²) in [4.78, 5) is 23.0. The highest BCUT2D eigenvalue weighted by Crippen LogP contribution is 2.29. The quantitative estimate of drug-likeness (QED) is 0.494. The van der Waals surface area contributed by atoms with Crippen molar-refractivity contribution in [1.29, 1.82) is 0 Å². The number of non-ortho nitro benzene ring substituents is 1. The molecule has 1 aliphatic rings. The number of nitro groups is 1. The highest BCUT2D eigenvalue weighted by atomic mass is 16.6. The van der Waals surface area contributed by atoms with Crippen molar-refractivity contribution < 1.29 is 14.8 Å². The molecule has 1 atom stereocenters. The Kier molecular flexibility index (Phi) is 6.90. The van der Waals surface area contributed by atoms with Gasteiger partial charge >= 0.3 is 0 Å². The lowest BCUT2D eigenvalue weighted by atomic mass is 9.80. The molecule has 1 aromatic carbocycles. The second-order valence-electron chi connectivity index (χ2n) is 6.65. The molecule has 0 bridgehead atoms. The van der Waals surface area contributed by atoms with Gasteiger partial charge < -0.3 is 15.7 Å². The van der Waals surface area contributed by atoms with Crippen LogP contribution in [0.4, 0.5) is 5.69 Å². The van der Waals surface area contributed by atoms with Crippen molar-refractivity contribution in [3.8, 4) is 0 Å². The van der Waals surface area contributed by atoms with Gasteiger partial charge in [0.15, 0.2) is 0 Å². The Morgan fingerprint density at radius 1 is 1.36 bits per heavy atom. The first kappa shape index (κ1) is 19.3. The van der Waals surface area contributed by atoms with Gasteiger partial charge in [0.25, 0.3) is 5.69 Å². The summed E-state index contributed by atoms with van der Waals surface area (Å²) in [6, 6.07) is 5.98. The Hall–Kier alpha value is -1.99. The van der Waals surface area contributed by atoms with Crippen LogP contribution in [0.15, 0.2) is 24.3 Å². The first-order valence-corrected chi connectivity index (χ1v) is 8.94. The van der Waals surface area contributed by atoms with Crippen molar-refractivity contribution in [1.82, 2.24) is 10.6 Å². The van der Waals surface area contributed by atoms with Crippen LogP contribution >= 0.6 is 0 Å². The highest BCUT2D eigenvalue weighted by Gasteiger charge is 2.39. The molecule has 1 aliphatic carbocycles. The summed E-state index contributed by atoms with van der Waals surface area (Å²) in [5.41, 5.74) is -0.235. The number of nitro benzene ring substituents is 1. The predicted octanol–water partition coefficient (Wildman–Crippen LogP) is 2.45. The molecule has 138 valence electrons. The number of β-amino-alcohol motifs (C(OH)–C–C–N with tert-alkyl or cyclic N) is 1. The second-order valence-corrected chi connectivity index (χ2v) is 6.65. The number of rotatable bonds is 8. The average molecular weight is 349 g/mol. The molecule has 25 heavy (non-hydrogen) atoms. The third-order valence-electron chi connectivity index (χ3n) is 4.78. The van der Waals surface area contributed by atoms with Gasteiger partial charge in [0.05, 0.1) is 16.6 Å². The van der Waals surface area contributed by atoms with E-state index in [9.17, 15) is 20.0 Å². The third-order valence-corrected chi connectivity index (χ3v) is 4.78. The number of benzene rings is 1. The average Bonchev–Trinajstić information content (AvgIpc) is 2.64. The lowest BCUT2D eigenvalue weighted by molar-refractivity contribution is -0.385. The van der Waals surface area contributed by atoms with Crippen molar-refractivity contribution in [2.24, 2.45) is 0 Å². The van der Waals surface area contributed by atoms with Gasteiger partial charge in [-0.3, -0.25) is 14.9 Å². The van der Waals surface area contributed by atoms with E-state index in [1.807, 2.05) is 6.92 Å². The Morgan fingerprint density at radius 3 is 2.72 bits per heavy atom. The number of nitrogens with one attached hydrogen (secondary N) is 2. The van der Waals surface area contributed by atoms with Gasteiger partial charge in [0.2, 0.25) is 5.91 Å². The van der Waals surface area contributed by atoms with Crippen LogP contribution in [0.3, 0.4) is 0 Å². The SMILES string of the molecule is CCCNC(=O)C1(NCC(O)c2cccc([N+](=O)[O-])c2)CCCCC1. The molecule has 1 unspecified atom stereocenters. The van der Waals surface area contributed by atoms with Crippen LogP contribution in [-0.2, 0) is 4.79 Å². The molecule has 0 aliphatic heterocycles. The summed E-state index contributed by atoms with van der Waals surface area (Å²) in [5, 5.41) is 27.5. The van der Waals surface area contributed by atoms with Crippen molar-refractivity contribution in [2.45, 2.75) is 57.1 Å². The topological polar surface area (TPSA) is 104 Å². The maximum atomic E-state index is 12.6. The number of aliphatic hydroxyl groups is 1. The van der Waals surface area contributed by atoms with Crippen LogP contribution in [0.25, 0.3) is 0 Å². The molecule has 0 radical (unpaired) electrons. The minimum absolute atomic E-state index is 0.0136. The summed E-state index contributed by atoms with van der Waals surface area (Å²) in [6.45, 7) is 2.82. The fourth-order valence-corrected chi connectivity index (χ4v) is 3.30. The molecule has 1 amide bonds. The summed E-state index contributed by atoms with van der Waals surface area (Å²) < 4.78 is 0. The number of carbonyl (C=O) groups excluding carboxylic acids is 1. The van der Waals surface area contributed by atoms with Crippen LogP contribution < -0.4 is 10.6 Å². The predicted molar refractivity (Wildman–Crippen MR) is 95.2 cm³/mol. The maximum absolute atomic E-state index is 12.6. The van der Waals surface area contributed by atoms with Crippen LogP contribution in [0.5, 0.6) is 0 Å². The van der Waals surface area contributed by atoms with Gasteiger partial charge in [-0.2, -0.15) is 0 Å². The number of amides is 1. The number of hydrogen-bond acceptors (Lipinski definition) is 5. The molecule has 0 saturated heterocycles. The van der Waals surface area contributed by atoms with Crippen LogP contribution in [-0.4, -0.2) is 34.6 Å². The lowest BCUT2D eigenvalue weighted by Gasteiger charge is -2.37. The molecule has 1 aromatic rings. The van der Waals surface area contributed by atoms with Crippen molar-refractivity contribution in [2.75, 3.05) is 13.1 Å². The normalized spacial score (nSPS) is 17.7. The summed E-state index contributed by atoms with van der Waals surface area (Å²) >= 11 is 0. The highest BCUT2D eigenvalue weighted by molar-refractivity contribution is 5.86. The van der Waals surface area contributed by atoms with Crippen molar-refractivity contribution in [3.05, 3.63) is 39.9 Å². The van der Waals surface area contributed by atoms with Crippen molar-refractivity contribution >= 4 is 11.6 Å². The van der Waals surface area contributed by atoms with E-state index in [-0.39, 0.29) is 18.1 Å². The van der Waals surface area contributed by atoms with Crippen LogP contribution in [0.2, 0.25) is 0 Å². The monoisotopic (exact) mass is 349 g/mol. The zero-order chi connectivity index (χ0) is 18.3. The largest absolute Gasteiger partial charge is 0.387 e. The second kappa shape index (κ2) is 8.92. The maximum Gasteiger partial charge on any atom is 0.269 e. The van der Waals surface area contributed by atoms with Gasteiger partial charge in [0.1, 0.15) is 0 Å². The van der Waals surface area contributed by atoms with E-state index < -0.39 is 16.6 Å². The van der Waals surface area contributed by atoms with Gasteiger partial charge in [-0.1, -0.05) is 38.3 Å². The summed E-state index contributed by atoms with van der Waals surface area (Å²) in [7, 11) is 0. The number of nitrogens with zero attached hydrogens (tertiary/aromatic N) is 1. The van der Waals surface area contributed by atoms with Gasteiger partial charge in [0, 0.05) is 25.2 Å². The van der Waals surface area contributed by atoms with Crippen LogP contribution in [0, 0.1) is 10.1 Å². The molecule has 0 aromatic heterocycles. The fourth-order valence-electron chi connectivity index (χ4n) is 3.30. The number of aliphatic hydroxyl groups excluding tert-OH is 1. The van der Waals surface area contributed by atoms with E-state index in [0.29, 0.717) is 12.1 Å². The Morgan fingerprint density at radius 2 is 2.08 bits per heavy atom. The third kappa shape index (κ3) is 4.99. The molecule has 0 spiro atoms. The molecule has 2 rings (SSSR count). The van der Waals surface area contributed by atoms with Crippen LogP contribution in [0.1, 0.15) is 57.1 Å². The zero-order valence-corrected chi connectivity index (χ0v) is 14.7. The van der Waals surface area contributed by atoms with Gasteiger partial charge in [-0.25, -0.2) is 0 Å². The Labute approximate surface area is 148 Å². The molecule has 3 N–H and O–H groups in total. The Bertz CT molecular complexity index is 600. The molecule has 0 heterocycles. The standard InChI is InChI=1S/C18H27N3O4/c1-2-11-19-17(23)18(9-4-3-5-10-18)20-13-16(22)14-7-6-8-15(12-14)21(24)25/h6-8,12,16,20,22H,2-5,9-11,13H2,1H3,(H,19,23). The van der Waals surface area contributed by atoms with E-state index in [2.05, 4.69) is 10.6 Å².